The fourth-order valence-electron chi connectivity index (χ4n) is 3.25. The molecule has 1 aliphatic heterocycles. The van der Waals surface area contributed by atoms with E-state index in [1.807, 2.05) is 59.4 Å². The van der Waals surface area contributed by atoms with Gasteiger partial charge in [0.05, 0.1) is 24.5 Å². The third kappa shape index (κ3) is 4.34. The van der Waals surface area contributed by atoms with Gasteiger partial charge in [-0.05, 0) is 36.8 Å². The molecule has 4 rings (SSSR count). The maximum absolute atomic E-state index is 5.99. The second-order valence-corrected chi connectivity index (χ2v) is 6.71. The molecule has 28 heavy (non-hydrogen) atoms. The first-order valence-electron chi connectivity index (χ1n) is 9.68. The molecule has 2 aromatic carbocycles. The van der Waals surface area contributed by atoms with Gasteiger partial charge in [0.2, 0.25) is 0 Å². The summed E-state index contributed by atoms with van der Waals surface area (Å²) in [6.07, 6.45) is 3.01. The van der Waals surface area contributed by atoms with Crippen LogP contribution in [0, 0.1) is 0 Å². The summed E-state index contributed by atoms with van der Waals surface area (Å²) in [5.74, 6) is 1.76. The predicted molar refractivity (Wildman–Crippen MR) is 111 cm³/mol. The first-order valence-corrected chi connectivity index (χ1v) is 9.68. The maximum atomic E-state index is 5.99. The monoisotopic (exact) mass is 375 g/mol. The van der Waals surface area contributed by atoms with Gasteiger partial charge < -0.3 is 15.4 Å². The van der Waals surface area contributed by atoms with Crippen molar-refractivity contribution < 1.29 is 4.74 Å². The summed E-state index contributed by atoms with van der Waals surface area (Å²) in [7, 11) is 0. The van der Waals surface area contributed by atoms with Gasteiger partial charge in [-0.2, -0.15) is 5.10 Å². The van der Waals surface area contributed by atoms with Crippen LogP contribution in [0.4, 0.5) is 0 Å². The average molecular weight is 375 g/mol. The van der Waals surface area contributed by atoms with Gasteiger partial charge in [-0.25, -0.2) is 9.67 Å². The second kappa shape index (κ2) is 8.61. The molecule has 0 radical (unpaired) electrons. The summed E-state index contributed by atoms with van der Waals surface area (Å²) >= 11 is 0. The minimum atomic E-state index is 0.124. The van der Waals surface area contributed by atoms with Crippen LogP contribution in [0.1, 0.15) is 18.2 Å². The molecule has 1 unspecified atom stereocenters. The Labute approximate surface area is 165 Å². The van der Waals surface area contributed by atoms with Gasteiger partial charge in [0.1, 0.15) is 11.9 Å². The van der Waals surface area contributed by atoms with E-state index >= 15 is 0 Å². The van der Waals surface area contributed by atoms with Gasteiger partial charge in [-0.3, -0.25) is 0 Å². The number of hydrogen-bond donors (Lipinski definition) is 2. The van der Waals surface area contributed by atoms with E-state index in [-0.39, 0.29) is 6.10 Å². The number of ether oxygens (including phenoxy) is 1. The quantitative estimate of drug-likeness (QED) is 0.514. The molecular weight excluding hydrogens is 350 g/mol. The first-order chi connectivity index (χ1) is 13.8. The van der Waals surface area contributed by atoms with Crippen LogP contribution in [-0.4, -0.2) is 34.9 Å². The Balaban J connectivity index is 1.34. The number of fused-ring (bicyclic) bond motifs is 1. The van der Waals surface area contributed by atoms with E-state index < -0.39 is 0 Å². The third-order valence-corrected chi connectivity index (χ3v) is 4.62. The number of aliphatic imine (C=N–C) groups is 1. The molecule has 1 aliphatic rings. The van der Waals surface area contributed by atoms with Crippen molar-refractivity contribution in [1.82, 2.24) is 20.4 Å². The van der Waals surface area contributed by atoms with E-state index in [2.05, 4.69) is 39.8 Å². The number of nitrogens with zero attached hydrogens (tertiary/aromatic N) is 3. The maximum Gasteiger partial charge on any atom is 0.191 e. The van der Waals surface area contributed by atoms with Gasteiger partial charge in [0.25, 0.3) is 0 Å². The fourth-order valence-corrected chi connectivity index (χ4v) is 3.25. The van der Waals surface area contributed by atoms with Gasteiger partial charge in [0.15, 0.2) is 5.96 Å². The van der Waals surface area contributed by atoms with Crippen LogP contribution in [0.3, 0.4) is 0 Å². The van der Waals surface area contributed by atoms with Crippen molar-refractivity contribution in [1.29, 1.82) is 0 Å². The van der Waals surface area contributed by atoms with Gasteiger partial charge >= 0.3 is 0 Å². The summed E-state index contributed by atoms with van der Waals surface area (Å²) in [5, 5.41) is 11.3. The lowest BCUT2D eigenvalue weighted by Gasteiger charge is -2.15. The SMILES string of the molecule is CCNC(=NCc1ccn(-c2ccccc2)n1)NCC1Cc2ccccc2O1. The van der Waals surface area contributed by atoms with Crippen molar-refractivity contribution in [2.24, 2.45) is 4.99 Å². The summed E-state index contributed by atoms with van der Waals surface area (Å²) < 4.78 is 7.86. The first kappa shape index (κ1) is 18.1. The fraction of sp³-hybridized carbons (Fsp3) is 0.273. The van der Waals surface area contributed by atoms with Crippen molar-refractivity contribution in [3.63, 3.8) is 0 Å². The lowest BCUT2D eigenvalue weighted by molar-refractivity contribution is 0.235. The summed E-state index contributed by atoms with van der Waals surface area (Å²) in [6, 6.07) is 20.3. The number of rotatable bonds is 6. The molecular formula is C22H25N5O. The summed E-state index contributed by atoms with van der Waals surface area (Å²) in [4.78, 5) is 4.66. The molecule has 0 saturated heterocycles. The van der Waals surface area contributed by atoms with Crippen LogP contribution in [-0.2, 0) is 13.0 Å². The zero-order valence-electron chi connectivity index (χ0n) is 16.0. The van der Waals surface area contributed by atoms with Crippen molar-refractivity contribution >= 4 is 5.96 Å². The van der Waals surface area contributed by atoms with Gasteiger partial charge in [-0.1, -0.05) is 36.4 Å². The lowest BCUT2D eigenvalue weighted by Crippen LogP contribution is -2.42. The Morgan fingerprint density at radius 3 is 2.75 bits per heavy atom. The lowest BCUT2D eigenvalue weighted by atomic mass is 10.1. The van der Waals surface area contributed by atoms with Crippen LogP contribution in [0.15, 0.2) is 71.9 Å². The topological polar surface area (TPSA) is 63.5 Å². The smallest absolute Gasteiger partial charge is 0.191 e. The molecule has 2 N–H and O–H groups in total. The predicted octanol–water partition coefficient (Wildman–Crippen LogP) is 2.93. The van der Waals surface area contributed by atoms with Gasteiger partial charge in [-0.15, -0.1) is 0 Å². The van der Waals surface area contributed by atoms with Gasteiger partial charge in [0, 0.05) is 19.2 Å². The minimum Gasteiger partial charge on any atom is -0.488 e. The van der Waals surface area contributed by atoms with Crippen LogP contribution in [0.25, 0.3) is 5.69 Å². The molecule has 1 atom stereocenters. The number of guanidine groups is 1. The number of aromatic nitrogens is 2. The number of hydrogen-bond acceptors (Lipinski definition) is 3. The molecule has 0 saturated carbocycles. The van der Waals surface area contributed by atoms with Crippen molar-refractivity contribution in [2.45, 2.75) is 26.0 Å². The highest BCUT2D eigenvalue weighted by molar-refractivity contribution is 5.79. The highest BCUT2D eigenvalue weighted by Crippen LogP contribution is 2.27. The Morgan fingerprint density at radius 1 is 1.11 bits per heavy atom. The molecule has 0 spiro atoms. The molecule has 0 aliphatic carbocycles. The normalized spacial score (nSPS) is 15.8. The Kier molecular flexibility index (Phi) is 5.56. The molecule has 2 heterocycles. The van der Waals surface area contributed by atoms with E-state index in [0.717, 1.165) is 36.1 Å². The van der Waals surface area contributed by atoms with E-state index in [4.69, 9.17) is 4.74 Å². The second-order valence-electron chi connectivity index (χ2n) is 6.71. The third-order valence-electron chi connectivity index (χ3n) is 4.62. The highest BCUT2D eigenvalue weighted by Gasteiger charge is 2.22. The van der Waals surface area contributed by atoms with Crippen molar-refractivity contribution in [2.75, 3.05) is 13.1 Å². The average Bonchev–Trinajstić information content (AvgIpc) is 3.37. The minimum absolute atomic E-state index is 0.124. The molecule has 0 bridgehead atoms. The van der Waals surface area contributed by atoms with Crippen molar-refractivity contribution in [3.8, 4) is 11.4 Å². The molecule has 3 aromatic rings. The number of nitrogens with one attached hydrogen (secondary N) is 2. The highest BCUT2D eigenvalue weighted by atomic mass is 16.5. The van der Waals surface area contributed by atoms with Crippen LogP contribution < -0.4 is 15.4 Å². The molecule has 0 fully saturated rings. The Bertz CT molecular complexity index is 910. The van der Waals surface area contributed by atoms with Crippen LogP contribution in [0.5, 0.6) is 5.75 Å². The standard InChI is InChI=1S/C22H25N5O/c1-2-23-22(25-16-20-14-17-8-6-7-11-21(17)28-20)24-15-18-12-13-27(26-18)19-9-4-3-5-10-19/h3-13,20H,2,14-16H2,1H3,(H2,23,24,25). The van der Waals surface area contributed by atoms with Crippen molar-refractivity contribution in [3.05, 3.63) is 78.1 Å². The van der Waals surface area contributed by atoms with E-state index in [1.54, 1.807) is 0 Å². The zero-order chi connectivity index (χ0) is 19.2. The Hall–Kier alpha value is -3.28. The summed E-state index contributed by atoms with van der Waals surface area (Å²) in [6.45, 7) is 4.08. The van der Waals surface area contributed by atoms with Crippen LogP contribution in [0.2, 0.25) is 0 Å². The zero-order valence-corrected chi connectivity index (χ0v) is 16.0. The molecule has 144 valence electrons. The van der Waals surface area contributed by atoms with Crippen LogP contribution >= 0.6 is 0 Å². The van der Waals surface area contributed by atoms with E-state index in [1.165, 1.54) is 5.56 Å². The molecule has 0 amide bonds. The number of benzene rings is 2. The Morgan fingerprint density at radius 2 is 1.93 bits per heavy atom. The summed E-state index contributed by atoms with van der Waals surface area (Å²) in [5.41, 5.74) is 3.23. The molecule has 6 nitrogen and oxygen atoms in total. The molecule has 1 aromatic heterocycles. The largest absolute Gasteiger partial charge is 0.488 e. The number of para-hydroxylation sites is 2. The van der Waals surface area contributed by atoms with E-state index in [9.17, 15) is 0 Å². The van der Waals surface area contributed by atoms with E-state index in [0.29, 0.717) is 13.1 Å². The molecule has 6 heteroatoms.